The molecule has 0 aliphatic heterocycles. The monoisotopic (exact) mass is 464 g/mol. The van der Waals surface area contributed by atoms with Gasteiger partial charge in [0.2, 0.25) is 5.95 Å². The van der Waals surface area contributed by atoms with Crippen LogP contribution in [0.15, 0.2) is 54.5 Å². The molecule has 0 amide bonds. The Kier molecular flexibility index (Phi) is 5.76. The highest BCUT2D eigenvalue weighted by molar-refractivity contribution is 6.31. The van der Waals surface area contributed by atoms with Crippen LogP contribution < -0.4 is 16.4 Å². The van der Waals surface area contributed by atoms with Gasteiger partial charge in [-0.05, 0) is 36.4 Å². The lowest BCUT2D eigenvalue weighted by atomic mass is 10.1. The van der Waals surface area contributed by atoms with Crippen molar-refractivity contribution in [3.8, 4) is 0 Å². The fourth-order valence-electron chi connectivity index (χ4n) is 3.17. The molecule has 9 nitrogen and oxygen atoms in total. The van der Waals surface area contributed by atoms with Gasteiger partial charge in [-0.2, -0.15) is 5.71 Å². The molecule has 4 rings (SSSR count). The molecule has 2 aromatic carbocycles. The number of aromatic carboxylic acids is 1. The van der Waals surface area contributed by atoms with Crippen molar-refractivity contribution in [3.05, 3.63) is 76.3 Å². The number of fused-ring (bicyclic) bond motifs is 3. The van der Waals surface area contributed by atoms with Crippen molar-refractivity contribution in [2.24, 2.45) is 5.73 Å². The molecular formula is C22H16ClFN7O2-. The topological polar surface area (TPSA) is 148 Å². The number of rotatable bonds is 6. The fraction of sp³-hybridized carbons (Fsp3) is 0.0455. The van der Waals surface area contributed by atoms with Gasteiger partial charge < -0.3 is 26.9 Å². The second-order valence-electron chi connectivity index (χ2n) is 7.07. The third kappa shape index (κ3) is 4.65. The van der Waals surface area contributed by atoms with E-state index in [0.717, 1.165) is 0 Å². The van der Waals surface area contributed by atoms with E-state index >= 15 is 0 Å². The Morgan fingerprint density at radius 3 is 2.70 bits per heavy atom. The number of benzene rings is 2. The lowest BCUT2D eigenvalue weighted by Crippen LogP contribution is -2.13. The SMILES string of the molecule is CC(=[N-])/C=C(\N)Nc1ncc2c(n1)c(Nc1ccc(F)c(Cl)c1)nc1cc(C(=O)O)ccc12. The van der Waals surface area contributed by atoms with E-state index in [4.69, 9.17) is 17.3 Å². The summed E-state index contributed by atoms with van der Waals surface area (Å²) >= 11 is 5.89. The number of nitrogens with zero attached hydrogens (tertiary/aromatic N) is 4. The molecule has 0 aliphatic carbocycles. The molecule has 2 aromatic heterocycles. The molecule has 0 fully saturated rings. The number of hydrogen-bond acceptors (Lipinski definition) is 7. The highest BCUT2D eigenvalue weighted by atomic mass is 35.5. The van der Waals surface area contributed by atoms with E-state index in [1.807, 2.05) is 0 Å². The number of halogens is 2. The standard InChI is InChI=1S/C22H16ClFN7O2/c1-10(25)6-18(26)30-22-27-9-14-13-4-2-11(21(32)33)7-17(13)29-20(19(14)31-22)28-12-3-5-16(24)15(23)8-12/h2-9H,26H2,1H3,(H,28,29)(H,32,33)(H,27,30,31)/q-1/b18-6+. The van der Waals surface area contributed by atoms with E-state index in [-0.39, 0.29) is 33.9 Å². The highest BCUT2D eigenvalue weighted by Crippen LogP contribution is 2.31. The zero-order valence-corrected chi connectivity index (χ0v) is 17.9. The summed E-state index contributed by atoms with van der Waals surface area (Å²) < 4.78 is 13.6. The highest BCUT2D eigenvalue weighted by Gasteiger charge is 2.15. The van der Waals surface area contributed by atoms with Gasteiger partial charge in [-0.15, -0.1) is 0 Å². The summed E-state index contributed by atoms with van der Waals surface area (Å²) in [5.74, 6) is -1.14. The van der Waals surface area contributed by atoms with E-state index in [0.29, 0.717) is 27.5 Å². The van der Waals surface area contributed by atoms with Crippen molar-refractivity contribution >= 4 is 62.5 Å². The number of carbonyl (C=O) groups is 1. The number of aromatic nitrogens is 3. The van der Waals surface area contributed by atoms with E-state index in [1.165, 1.54) is 43.3 Å². The average Bonchev–Trinajstić information content (AvgIpc) is 2.75. The number of anilines is 3. The number of carboxylic acid groups (broad SMARTS) is 1. The first-order valence-corrected chi connectivity index (χ1v) is 9.91. The van der Waals surface area contributed by atoms with Gasteiger partial charge in [-0.25, -0.2) is 24.1 Å². The fourth-order valence-corrected chi connectivity index (χ4v) is 3.35. The molecular weight excluding hydrogens is 449 g/mol. The van der Waals surface area contributed by atoms with Gasteiger partial charge >= 0.3 is 5.97 Å². The van der Waals surface area contributed by atoms with Crippen LogP contribution >= 0.6 is 11.6 Å². The summed E-state index contributed by atoms with van der Waals surface area (Å²) in [4.78, 5) is 24.7. The molecule has 33 heavy (non-hydrogen) atoms. The Labute approximate surface area is 191 Å². The van der Waals surface area contributed by atoms with E-state index < -0.39 is 11.8 Å². The summed E-state index contributed by atoms with van der Waals surface area (Å²) in [7, 11) is 0. The molecule has 11 heteroatoms. The van der Waals surface area contributed by atoms with Gasteiger partial charge in [-0.1, -0.05) is 24.6 Å². The molecule has 0 radical (unpaired) electrons. The zero-order valence-electron chi connectivity index (χ0n) is 17.1. The van der Waals surface area contributed by atoms with Crippen molar-refractivity contribution in [1.82, 2.24) is 15.0 Å². The van der Waals surface area contributed by atoms with Crippen LogP contribution in [0, 0.1) is 5.82 Å². The van der Waals surface area contributed by atoms with Crippen LogP contribution in [0.3, 0.4) is 0 Å². The summed E-state index contributed by atoms with van der Waals surface area (Å²) in [5, 5.41) is 25.7. The molecule has 0 aliphatic rings. The molecule has 0 saturated heterocycles. The maximum Gasteiger partial charge on any atom is 0.335 e. The lowest BCUT2D eigenvalue weighted by molar-refractivity contribution is 0.0697. The second-order valence-corrected chi connectivity index (χ2v) is 7.48. The molecule has 0 bridgehead atoms. The Morgan fingerprint density at radius 2 is 2.00 bits per heavy atom. The van der Waals surface area contributed by atoms with E-state index in [9.17, 15) is 19.7 Å². The van der Waals surface area contributed by atoms with Crippen molar-refractivity contribution in [3.63, 3.8) is 0 Å². The molecule has 0 unspecified atom stereocenters. The van der Waals surface area contributed by atoms with Crippen LogP contribution in [-0.4, -0.2) is 31.7 Å². The Balaban J connectivity index is 1.90. The van der Waals surface area contributed by atoms with Gasteiger partial charge in [0.25, 0.3) is 0 Å². The first kappa shape index (κ1) is 21.9. The smallest absolute Gasteiger partial charge is 0.335 e. The largest absolute Gasteiger partial charge is 0.808 e. The maximum atomic E-state index is 13.6. The van der Waals surface area contributed by atoms with Crippen LogP contribution in [0.25, 0.3) is 27.2 Å². The molecule has 5 N–H and O–H groups in total. The first-order valence-electron chi connectivity index (χ1n) is 9.54. The molecule has 2 heterocycles. The third-order valence-electron chi connectivity index (χ3n) is 4.58. The van der Waals surface area contributed by atoms with Crippen LogP contribution in [0.2, 0.25) is 5.02 Å². The summed E-state index contributed by atoms with van der Waals surface area (Å²) in [6.45, 7) is 1.47. The summed E-state index contributed by atoms with van der Waals surface area (Å²) in [6.07, 6.45) is 2.85. The van der Waals surface area contributed by atoms with Gasteiger partial charge in [-0.3, -0.25) is 0 Å². The summed E-state index contributed by atoms with van der Waals surface area (Å²) in [6, 6.07) is 8.61. The lowest BCUT2D eigenvalue weighted by Gasteiger charge is -2.13. The predicted molar refractivity (Wildman–Crippen MR) is 126 cm³/mol. The van der Waals surface area contributed by atoms with Gasteiger partial charge in [0.15, 0.2) is 5.82 Å². The second kappa shape index (κ2) is 8.67. The van der Waals surface area contributed by atoms with Crippen LogP contribution in [0.4, 0.5) is 21.8 Å². The normalized spacial score (nSPS) is 11.5. The minimum atomic E-state index is -1.09. The first-order chi connectivity index (χ1) is 15.7. The molecule has 0 atom stereocenters. The summed E-state index contributed by atoms with van der Waals surface area (Å²) in [5.41, 5.74) is 7.13. The molecule has 4 aromatic rings. The van der Waals surface area contributed by atoms with E-state index in [2.05, 4.69) is 25.6 Å². The average molecular weight is 465 g/mol. The number of nitrogens with two attached hydrogens (primary N) is 1. The van der Waals surface area contributed by atoms with Crippen LogP contribution in [-0.2, 0) is 0 Å². The quantitative estimate of drug-likeness (QED) is 0.238. The molecule has 0 spiro atoms. The molecule has 166 valence electrons. The Hall–Kier alpha value is -4.31. The number of hydrogen-bond donors (Lipinski definition) is 4. The zero-order chi connectivity index (χ0) is 23.7. The van der Waals surface area contributed by atoms with Crippen molar-refractivity contribution in [2.45, 2.75) is 6.92 Å². The molecule has 0 saturated carbocycles. The van der Waals surface area contributed by atoms with Crippen molar-refractivity contribution in [2.75, 3.05) is 10.6 Å². The third-order valence-corrected chi connectivity index (χ3v) is 4.87. The van der Waals surface area contributed by atoms with E-state index in [1.54, 1.807) is 12.3 Å². The van der Waals surface area contributed by atoms with Crippen molar-refractivity contribution < 1.29 is 14.3 Å². The number of allylic oxidation sites excluding steroid dienone is 1. The van der Waals surface area contributed by atoms with Crippen LogP contribution in [0.1, 0.15) is 17.3 Å². The Bertz CT molecular complexity index is 1470. The van der Waals surface area contributed by atoms with Gasteiger partial charge in [0.05, 0.1) is 16.1 Å². The van der Waals surface area contributed by atoms with Crippen LogP contribution in [0.5, 0.6) is 0 Å². The van der Waals surface area contributed by atoms with Gasteiger partial charge in [0.1, 0.15) is 17.2 Å². The maximum absolute atomic E-state index is 13.6. The number of nitrogens with one attached hydrogen (secondary N) is 2. The Morgan fingerprint density at radius 1 is 1.21 bits per heavy atom. The predicted octanol–water partition coefficient (Wildman–Crippen LogP) is 4.65. The van der Waals surface area contributed by atoms with Gasteiger partial charge in [0, 0.05) is 22.7 Å². The number of carboxylic acids is 1. The number of pyridine rings is 1. The minimum Gasteiger partial charge on any atom is -0.808 e. The van der Waals surface area contributed by atoms with Crippen molar-refractivity contribution in [1.29, 1.82) is 0 Å². The minimum absolute atomic E-state index is 0.00164.